The largest absolute Gasteiger partial charge is 0.480 e. The van der Waals surface area contributed by atoms with E-state index in [4.69, 9.17) is 4.74 Å². The first-order valence-electron chi connectivity index (χ1n) is 11.0. The van der Waals surface area contributed by atoms with Crippen LogP contribution in [0.15, 0.2) is 60.7 Å². The van der Waals surface area contributed by atoms with Gasteiger partial charge in [-0.3, -0.25) is 14.9 Å². The molecule has 3 rings (SSSR count). The Morgan fingerprint density at radius 3 is 2.31 bits per heavy atom. The second-order valence-electron chi connectivity index (χ2n) is 8.09. The summed E-state index contributed by atoms with van der Waals surface area (Å²) >= 11 is 0. The van der Waals surface area contributed by atoms with Crippen molar-refractivity contribution in [2.75, 3.05) is 6.54 Å². The Kier molecular flexibility index (Phi) is 8.39. The zero-order valence-corrected chi connectivity index (χ0v) is 18.3. The van der Waals surface area contributed by atoms with Crippen molar-refractivity contribution < 1.29 is 24.2 Å². The molecule has 170 valence electrons. The molecule has 0 spiro atoms. The number of carboxylic acids is 1. The summed E-state index contributed by atoms with van der Waals surface area (Å²) in [5.41, 5.74) is 1.93. The number of carbonyl (C=O) groups is 3. The lowest BCUT2D eigenvalue weighted by Crippen LogP contribution is -2.53. The highest BCUT2D eigenvalue weighted by atomic mass is 16.5. The maximum Gasteiger partial charge on any atom is 0.329 e. The fraction of sp³-hybridized carbons (Fsp3) is 0.400. The molecule has 7 heteroatoms. The Morgan fingerprint density at radius 2 is 1.69 bits per heavy atom. The first-order valence-corrected chi connectivity index (χ1v) is 11.0. The van der Waals surface area contributed by atoms with Crippen molar-refractivity contribution in [2.45, 2.75) is 57.3 Å². The van der Waals surface area contributed by atoms with Crippen LogP contribution in [0.5, 0.6) is 0 Å². The van der Waals surface area contributed by atoms with Gasteiger partial charge in [-0.2, -0.15) is 0 Å². The number of amides is 1. The maximum absolute atomic E-state index is 13.0. The molecule has 1 aliphatic heterocycles. The number of esters is 1. The van der Waals surface area contributed by atoms with Gasteiger partial charge in [-0.1, -0.05) is 60.7 Å². The standard InChI is InChI=1S/C25H30N2O5/c1-18(26-21(24(29)30)15-14-19-9-4-2-5-10-19)23(28)27-16-8-13-22(27)25(31)32-17-20-11-6-3-7-12-20/h2-7,9-12,18,21-22,26H,8,13-17H2,1H3,(H,29,30)/t18-,21?,22-/m0/s1. The molecule has 3 atom stereocenters. The minimum Gasteiger partial charge on any atom is -0.480 e. The van der Waals surface area contributed by atoms with Gasteiger partial charge < -0.3 is 14.7 Å². The Bertz CT molecular complexity index is 903. The molecule has 2 N–H and O–H groups in total. The second-order valence-corrected chi connectivity index (χ2v) is 8.09. The minimum atomic E-state index is -0.999. The first kappa shape index (κ1) is 23.5. The lowest BCUT2D eigenvalue weighted by molar-refractivity contribution is -0.155. The third-order valence-electron chi connectivity index (χ3n) is 5.72. The van der Waals surface area contributed by atoms with Crippen LogP contribution in [0.4, 0.5) is 0 Å². The predicted octanol–water partition coefficient (Wildman–Crippen LogP) is 2.78. The van der Waals surface area contributed by atoms with E-state index in [1.807, 2.05) is 60.7 Å². The number of rotatable bonds is 10. The number of carbonyl (C=O) groups excluding carboxylic acids is 2. The highest BCUT2D eigenvalue weighted by Crippen LogP contribution is 2.20. The fourth-order valence-electron chi connectivity index (χ4n) is 3.96. The van der Waals surface area contributed by atoms with Crippen molar-refractivity contribution in [2.24, 2.45) is 0 Å². The quantitative estimate of drug-likeness (QED) is 0.554. The van der Waals surface area contributed by atoms with Crippen LogP contribution < -0.4 is 5.32 Å². The van der Waals surface area contributed by atoms with Crippen LogP contribution in [0.2, 0.25) is 0 Å². The van der Waals surface area contributed by atoms with Gasteiger partial charge >= 0.3 is 11.9 Å². The van der Waals surface area contributed by atoms with Crippen molar-refractivity contribution in [3.05, 3.63) is 71.8 Å². The highest BCUT2D eigenvalue weighted by molar-refractivity contribution is 5.88. The monoisotopic (exact) mass is 438 g/mol. The SMILES string of the molecule is C[C@H](NC(CCc1ccccc1)C(=O)O)C(=O)N1CCC[C@H]1C(=O)OCc1ccccc1. The summed E-state index contributed by atoms with van der Waals surface area (Å²) < 4.78 is 5.43. The van der Waals surface area contributed by atoms with Gasteiger partial charge in [0.2, 0.25) is 5.91 Å². The third kappa shape index (κ3) is 6.40. The molecule has 2 aromatic rings. The molecule has 0 aromatic heterocycles. The third-order valence-corrected chi connectivity index (χ3v) is 5.72. The van der Waals surface area contributed by atoms with E-state index >= 15 is 0 Å². The molecule has 7 nitrogen and oxygen atoms in total. The molecular formula is C25H30N2O5. The Morgan fingerprint density at radius 1 is 1.06 bits per heavy atom. The summed E-state index contributed by atoms with van der Waals surface area (Å²) in [7, 11) is 0. The molecule has 1 saturated heterocycles. The summed E-state index contributed by atoms with van der Waals surface area (Å²) in [6, 6.07) is 16.8. The molecule has 0 bridgehead atoms. The molecule has 1 fully saturated rings. The van der Waals surface area contributed by atoms with Gasteiger partial charge in [-0.25, -0.2) is 4.79 Å². The van der Waals surface area contributed by atoms with Gasteiger partial charge in [0, 0.05) is 6.54 Å². The normalized spacial score (nSPS) is 17.5. The molecule has 2 aromatic carbocycles. The van der Waals surface area contributed by atoms with Crippen LogP contribution in [0.1, 0.15) is 37.3 Å². The predicted molar refractivity (Wildman–Crippen MR) is 120 cm³/mol. The molecule has 1 unspecified atom stereocenters. The number of nitrogens with zero attached hydrogens (tertiary/aromatic N) is 1. The summed E-state index contributed by atoms with van der Waals surface area (Å²) in [6.07, 6.45) is 2.20. The summed E-state index contributed by atoms with van der Waals surface area (Å²) in [6.45, 7) is 2.26. The number of benzene rings is 2. The molecule has 1 aliphatic rings. The second kappa shape index (κ2) is 11.4. The average molecular weight is 439 g/mol. The molecule has 0 radical (unpaired) electrons. The number of hydrogen-bond acceptors (Lipinski definition) is 5. The summed E-state index contributed by atoms with van der Waals surface area (Å²) in [5.74, 6) is -1.71. The van der Waals surface area contributed by atoms with Gasteiger partial charge in [0.25, 0.3) is 0 Å². The number of aliphatic carboxylic acids is 1. The van der Waals surface area contributed by atoms with Crippen LogP contribution in [0.3, 0.4) is 0 Å². The summed E-state index contributed by atoms with van der Waals surface area (Å²) in [4.78, 5) is 38.9. The van der Waals surface area contributed by atoms with Crippen molar-refractivity contribution in [1.29, 1.82) is 0 Å². The van der Waals surface area contributed by atoms with Gasteiger partial charge in [-0.05, 0) is 43.7 Å². The number of aryl methyl sites for hydroxylation is 1. The fourth-order valence-corrected chi connectivity index (χ4v) is 3.96. The van der Waals surface area contributed by atoms with E-state index in [1.165, 1.54) is 4.90 Å². The van der Waals surface area contributed by atoms with Crippen LogP contribution in [0, 0.1) is 0 Å². The Balaban J connectivity index is 1.55. The van der Waals surface area contributed by atoms with Crippen molar-refractivity contribution >= 4 is 17.8 Å². The van der Waals surface area contributed by atoms with E-state index in [2.05, 4.69) is 5.32 Å². The molecule has 1 amide bonds. The van der Waals surface area contributed by atoms with E-state index in [9.17, 15) is 19.5 Å². The van der Waals surface area contributed by atoms with Gasteiger partial charge in [0.1, 0.15) is 18.7 Å². The van der Waals surface area contributed by atoms with Gasteiger partial charge in [-0.15, -0.1) is 0 Å². The number of ether oxygens (including phenoxy) is 1. The summed E-state index contributed by atoms with van der Waals surface area (Å²) in [5, 5.41) is 12.5. The Hall–Kier alpha value is -3.19. The van der Waals surface area contributed by atoms with Gasteiger partial charge in [0.05, 0.1) is 6.04 Å². The number of carboxylic acid groups (broad SMARTS) is 1. The van der Waals surface area contributed by atoms with Crippen LogP contribution >= 0.6 is 0 Å². The topological polar surface area (TPSA) is 95.9 Å². The van der Waals surface area contributed by atoms with E-state index in [1.54, 1.807) is 6.92 Å². The van der Waals surface area contributed by atoms with Crippen LogP contribution in [-0.2, 0) is 32.1 Å². The van der Waals surface area contributed by atoms with E-state index in [-0.39, 0.29) is 12.5 Å². The smallest absolute Gasteiger partial charge is 0.329 e. The molecule has 0 saturated carbocycles. The van der Waals surface area contributed by atoms with E-state index < -0.39 is 30.1 Å². The highest BCUT2D eigenvalue weighted by Gasteiger charge is 2.37. The van der Waals surface area contributed by atoms with E-state index in [0.717, 1.165) is 11.1 Å². The molecular weight excluding hydrogens is 408 g/mol. The minimum absolute atomic E-state index is 0.159. The molecule has 0 aliphatic carbocycles. The van der Waals surface area contributed by atoms with E-state index in [0.29, 0.717) is 32.2 Å². The van der Waals surface area contributed by atoms with Crippen LogP contribution in [-0.4, -0.2) is 52.5 Å². The zero-order valence-electron chi connectivity index (χ0n) is 18.3. The lowest BCUT2D eigenvalue weighted by Gasteiger charge is -2.28. The lowest BCUT2D eigenvalue weighted by atomic mass is 10.0. The maximum atomic E-state index is 13.0. The Labute approximate surface area is 188 Å². The molecule has 1 heterocycles. The zero-order chi connectivity index (χ0) is 22.9. The van der Waals surface area contributed by atoms with Gasteiger partial charge in [0.15, 0.2) is 0 Å². The van der Waals surface area contributed by atoms with Crippen molar-refractivity contribution in [3.63, 3.8) is 0 Å². The first-order chi connectivity index (χ1) is 15.5. The average Bonchev–Trinajstić information content (AvgIpc) is 3.30. The van der Waals surface area contributed by atoms with Crippen LogP contribution in [0.25, 0.3) is 0 Å². The number of nitrogens with one attached hydrogen (secondary N) is 1. The number of likely N-dealkylation sites (tertiary alicyclic amines) is 1. The van der Waals surface area contributed by atoms with Crippen molar-refractivity contribution in [1.82, 2.24) is 10.2 Å². The van der Waals surface area contributed by atoms with Crippen molar-refractivity contribution in [3.8, 4) is 0 Å². The molecule has 32 heavy (non-hydrogen) atoms. The number of hydrogen-bond donors (Lipinski definition) is 2.